The summed E-state index contributed by atoms with van der Waals surface area (Å²) >= 11 is 0. The molecule has 0 amide bonds. The van der Waals surface area contributed by atoms with Crippen LogP contribution in [0.4, 0.5) is 0 Å². The van der Waals surface area contributed by atoms with Crippen LogP contribution in [0, 0.1) is 13.8 Å². The lowest BCUT2D eigenvalue weighted by atomic mass is 10.0. The third-order valence-electron chi connectivity index (χ3n) is 5.43. The van der Waals surface area contributed by atoms with Gasteiger partial charge in [-0.3, -0.25) is 4.79 Å². The Balaban J connectivity index is 1.67. The van der Waals surface area contributed by atoms with Crippen molar-refractivity contribution in [2.45, 2.75) is 26.5 Å². The van der Waals surface area contributed by atoms with Crippen LogP contribution >= 0.6 is 0 Å². The summed E-state index contributed by atoms with van der Waals surface area (Å²) in [4.78, 5) is 13.1. The number of ether oxygens (including phenoxy) is 2. The van der Waals surface area contributed by atoms with Gasteiger partial charge < -0.3 is 19.1 Å². The second-order valence-corrected chi connectivity index (χ2v) is 7.56. The fourth-order valence-corrected chi connectivity index (χ4v) is 3.67. The van der Waals surface area contributed by atoms with E-state index in [0.29, 0.717) is 22.6 Å². The van der Waals surface area contributed by atoms with E-state index >= 15 is 0 Å². The van der Waals surface area contributed by atoms with E-state index in [1.807, 2.05) is 19.9 Å². The summed E-state index contributed by atoms with van der Waals surface area (Å²) in [5, 5.41) is 15.3. The van der Waals surface area contributed by atoms with E-state index in [0.717, 1.165) is 22.4 Å². The zero-order valence-electron chi connectivity index (χ0n) is 18.0. The molecule has 4 aromatic rings. The van der Waals surface area contributed by atoms with Crippen molar-refractivity contribution in [1.29, 1.82) is 0 Å². The zero-order valence-corrected chi connectivity index (χ0v) is 18.0. The van der Waals surface area contributed by atoms with Crippen molar-refractivity contribution in [2.75, 3.05) is 14.2 Å². The van der Waals surface area contributed by atoms with Gasteiger partial charge in [-0.2, -0.15) is 5.10 Å². The number of rotatable bonds is 6. The van der Waals surface area contributed by atoms with Gasteiger partial charge in [0.25, 0.3) is 5.56 Å². The van der Waals surface area contributed by atoms with Crippen molar-refractivity contribution in [3.8, 4) is 22.8 Å². The van der Waals surface area contributed by atoms with Gasteiger partial charge in [-0.15, -0.1) is 0 Å². The molecule has 160 valence electrons. The molecule has 0 bridgehead atoms. The molecule has 4 rings (SSSR count). The first-order chi connectivity index (χ1) is 14.9. The van der Waals surface area contributed by atoms with Crippen LogP contribution in [0.2, 0.25) is 0 Å². The van der Waals surface area contributed by atoms with E-state index in [1.54, 1.807) is 55.4 Å². The number of nitrogens with zero attached hydrogens (tertiary/aromatic N) is 3. The maximum atomic E-state index is 13.1. The highest BCUT2D eigenvalue weighted by Crippen LogP contribution is 2.30. The van der Waals surface area contributed by atoms with Crippen LogP contribution < -0.4 is 15.0 Å². The Morgan fingerprint density at radius 3 is 2.52 bits per heavy atom. The van der Waals surface area contributed by atoms with Crippen molar-refractivity contribution in [3.63, 3.8) is 0 Å². The van der Waals surface area contributed by atoms with E-state index in [9.17, 15) is 9.90 Å². The Morgan fingerprint density at radius 2 is 1.77 bits per heavy atom. The first-order valence-corrected chi connectivity index (χ1v) is 9.97. The number of fused-ring (bicyclic) bond motifs is 1. The quantitative estimate of drug-likeness (QED) is 0.517. The molecule has 1 unspecified atom stereocenters. The normalized spacial score (nSPS) is 12.2. The van der Waals surface area contributed by atoms with Crippen LogP contribution in [-0.2, 0) is 6.54 Å². The lowest BCUT2D eigenvalue weighted by molar-refractivity contribution is 0.154. The summed E-state index contributed by atoms with van der Waals surface area (Å²) in [6, 6.07) is 13.2. The molecule has 0 radical (unpaired) electrons. The Labute approximate surface area is 180 Å². The summed E-state index contributed by atoms with van der Waals surface area (Å²) in [5.74, 6) is 1.10. The molecule has 0 spiro atoms. The number of aliphatic hydroxyl groups excluding tert-OH is 1. The Hall–Kier alpha value is -3.58. The topological polar surface area (TPSA) is 78.0 Å². The van der Waals surface area contributed by atoms with Gasteiger partial charge in [0, 0.05) is 18.0 Å². The van der Waals surface area contributed by atoms with Crippen LogP contribution in [0.15, 0.2) is 59.7 Å². The Morgan fingerprint density at radius 1 is 1.00 bits per heavy atom. The molecule has 0 aliphatic heterocycles. The molecule has 0 saturated heterocycles. The molecule has 2 aromatic heterocycles. The molecule has 0 fully saturated rings. The molecule has 7 heteroatoms. The number of hydrogen-bond acceptors (Lipinski definition) is 5. The largest absolute Gasteiger partial charge is 0.493 e. The lowest BCUT2D eigenvalue weighted by Crippen LogP contribution is -2.24. The van der Waals surface area contributed by atoms with E-state index in [-0.39, 0.29) is 12.1 Å². The number of aromatic nitrogens is 3. The average molecular weight is 419 g/mol. The van der Waals surface area contributed by atoms with Gasteiger partial charge in [0.05, 0.1) is 32.6 Å². The van der Waals surface area contributed by atoms with Crippen LogP contribution in [0.5, 0.6) is 11.5 Å². The SMILES string of the molecule is COc1ccc(C(O)Cn2ccn3nc(-c4cc(C)ccc4C)cc3c2=O)cc1OC. The van der Waals surface area contributed by atoms with E-state index in [1.165, 1.54) is 4.57 Å². The molecule has 1 N–H and O–H groups in total. The van der Waals surface area contributed by atoms with Crippen molar-refractivity contribution in [1.82, 2.24) is 14.2 Å². The van der Waals surface area contributed by atoms with Crippen LogP contribution in [0.1, 0.15) is 22.8 Å². The van der Waals surface area contributed by atoms with Crippen LogP contribution in [-0.4, -0.2) is 33.5 Å². The van der Waals surface area contributed by atoms with E-state index in [2.05, 4.69) is 17.2 Å². The predicted octanol–water partition coefficient (Wildman–Crippen LogP) is 3.53. The van der Waals surface area contributed by atoms with Gasteiger partial charge in [-0.05, 0) is 49.2 Å². The third-order valence-corrected chi connectivity index (χ3v) is 5.43. The van der Waals surface area contributed by atoms with Crippen molar-refractivity contribution >= 4 is 5.52 Å². The first kappa shape index (κ1) is 20.7. The fraction of sp³-hybridized carbons (Fsp3) is 0.250. The van der Waals surface area contributed by atoms with Crippen molar-refractivity contribution < 1.29 is 14.6 Å². The third kappa shape index (κ3) is 3.92. The molecular weight excluding hydrogens is 394 g/mol. The second-order valence-electron chi connectivity index (χ2n) is 7.56. The Kier molecular flexibility index (Phi) is 5.52. The minimum atomic E-state index is -0.888. The van der Waals surface area contributed by atoms with Gasteiger partial charge in [0.1, 0.15) is 5.52 Å². The van der Waals surface area contributed by atoms with Crippen molar-refractivity contribution in [2.24, 2.45) is 0 Å². The first-order valence-electron chi connectivity index (χ1n) is 9.97. The second kappa shape index (κ2) is 8.28. The molecular formula is C24H25N3O4. The van der Waals surface area contributed by atoms with Crippen molar-refractivity contribution in [3.05, 3.63) is 81.9 Å². The maximum Gasteiger partial charge on any atom is 0.276 e. The minimum Gasteiger partial charge on any atom is -0.493 e. The molecule has 0 aliphatic carbocycles. The summed E-state index contributed by atoms with van der Waals surface area (Å²) in [6.07, 6.45) is 2.48. The summed E-state index contributed by atoms with van der Waals surface area (Å²) in [7, 11) is 3.10. The zero-order chi connectivity index (χ0) is 22.1. The molecule has 1 atom stereocenters. The summed E-state index contributed by atoms with van der Waals surface area (Å²) < 4.78 is 13.6. The van der Waals surface area contributed by atoms with Gasteiger partial charge in [-0.25, -0.2) is 4.52 Å². The molecule has 2 heterocycles. The maximum absolute atomic E-state index is 13.1. The van der Waals surface area contributed by atoms with Gasteiger partial charge in [0.2, 0.25) is 0 Å². The molecule has 31 heavy (non-hydrogen) atoms. The van der Waals surface area contributed by atoms with Gasteiger partial charge in [0.15, 0.2) is 11.5 Å². The number of benzene rings is 2. The van der Waals surface area contributed by atoms with Crippen LogP contribution in [0.3, 0.4) is 0 Å². The van der Waals surface area contributed by atoms with Gasteiger partial charge in [-0.1, -0.05) is 23.8 Å². The smallest absolute Gasteiger partial charge is 0.276 e. The number of aryl methyl sites for hydroxylation is 2. The highest BCUT2D eigenvalue weighted by Gasteiger charge is 2.16. The summed E-state index contributed by atoms with van der Waals surface area (Å²) in [5.41, 5.74) is 4.85. The molecule has 2 aromatic carbocycles. The Bertz CT molecular complexity index is 1310. The number of methoxy groups -OCH3 is 2. The lowest BCUT2D eigenvalue weighted by Gasteiger charge is -2.15. The van der Waals surface area contributed by atoms with E-state index < -0.39 is 6.10 Å². The average Bonchev–Trinajstić information content (AvgIpc) is 3.21. The molecule has 0 saturated carbocycles. The predicted molar refractivity (Wildman–Crippen MR) is 119 cm³/mol. The highest BCUT2D eigenvalue weighted by atomic mass is 16.5. The fourth-order valence-electron chi connectivity index (χ4n) is 3.67. The molecule has 0 aliphatic rings. The monoisotopic (exact) mass is 419 g/mol. The van der Waals surface area contributed by atoms with Gasteiger partial charge >= 0.3 is 0 Å². The number of aliphatic hydroxyl groups is 1. The minimum absolute atomic E-state index is 0.106. The van der Waals surface area contributed by atoms with Crippen LogP contribution in [0.25, 0.3) is 16.8 Å². The summed E-state index contributed by atoms with van der Waals surface area (Å²) in [6.45, 7) is 4.16. The highest BCUT2D eigenvalue weighted by molar-refractivity contribution is 5.69. The standard InChI is InChI=1S/C24H25N3O4/c1-15-5-6-16(2)18(11-15)19-13-20-24(29)26(9-10-27(20)25-19)14-21(28)17-7-8-22(30-3)23(12-17)31-4/h5-13,21,28H,14H2,1-4H3. The number of hydrogen-bond donors (Lipinski definition) is 1. The molecule has 7 nitrogen and oxygen atoms in total. The van der Waals surface area contributed by atoms with E-state index in [4.69, 9.17) is 9.47 Å².